The van der Waals surface area contributed by atoms with Crippen molar-refractivity contribution in [3.8, 4) is 11.5 Å². The van der Waals surface area contributed by atoms with Gasteiger partial charge in [0.1, 0.15) is 5.70 Å². The molecule has 2 aromatic rings. The zero-order valence-electron chi connectivity index (χ0n) is 15.6. The minimum Gasteiger partial charge on any atom is -0.493 e. The molecule has 2 aromatic carbocycles. The Morgan fingerprint density at radius 2 is 1.63 bits per heavy atom. The molecule has 0 aliphatic carbocycles. The predicted molar refractivity (Wildman–Crippen MR) is 108 cm³/mol. The molecule has 0 heterocycles. The van der Waals surface area contributed by atoms with Crippen LogP contribution in [0.15, 0.2) is 52.6 Å². The highest BCUT2D eigenvalue weighted by molar-refractivity contribution is 9.10. The van der Waals surface area contributed by atoms with E-state index in [1.165, 1.54) is 12.0 Å². The summed E-state index contributed by atoms with van der Waals surface area (Å²) in [6.07, 6.45) is 1.60. The van der Waals surface area contributed by atoms with Gasteiger partial charge in [0.15, 0.2) is 11.5 Å². The van der Waals surface area contributed by atoms with Crippen LogP contribution in [0.25, 0.3) is 6.08 Å². The Bertz CT molecular complexity index is 861. The molecule has 2 amide bonds. The summed E-state index contributed by atoms with van der Waals surface area (Å²) < 4.78 is 11.4. The van der Waals surface area contributed by atoms with Gasteiger partial charge in [-0.15, -0.1) is 0 Å². The lowest BCUT2D eigenvalue weighted by Crippen LogP contribution is -2.34. The van der Waals surface area contributed by atoms with Crippen LogP contribution in [0.3, 0.4) is 0 Å². The van der Waals surface area contributed by atoms with E-state index >= 15 is 0 Å². The van der Waals surface area contributed by atoms with E-state index in [0.717, 1.165) is 4.47 Å². The molecule has 0 fully saturated rings. The van der Waals surface area contributed by atoms with Gasteiger partial charge in [0.2, 0.25) is 0 Å². The van der Waals surface area contributed by atoms with Crippen LogP contribution in [0.5, 0.6) is 11.5 Å². The maximum absolute atomic E-state index is 12.5. The summed E-state index contributed by atoms with van der Waals surface area (Å²) in [6, 6.07) is 12.1. The van der Waals surface area contributed by atoms with Gasteiger partial charge in [-0.3, -0.25) is 9.59 Å². The molecule has 0 aromatic heterocycles. The van der Waals surface area contributed by atoms with Gasteiger partial charge in [-0.25, -0.2) is 0 Å². The molecular formula is C20H21BrN2O4. The molecule has 0 spiro atoms. The van der Waals surface area contributed by atoms with E-state index in [1.807, 2.05) is 0 Å². The third-order valence-electron chi connectivity index (χ3n) is 3.71. The number of amides is 2. The second kappa shape index (κ2) is 9.23. The zero-order valence-corrected chi connectivity index (χ0v) is 17.2. The maximum atomic E-state index is 12.5. The first-order valence-corrected chi connectivity index (χ1v) is 8.87. The molecule has 0 atom stereocenters. The number of carbonyl (C=O) groups is 2. The van der Waals surface area contributed by atoms with Crippen molar-refractivity contribution in [2.24, 2.45) is 0 Å². The Labute approximate surface area is 166 Å². The molecular weight excluding hydrogens is 412 g/mol. The quantitative estimate of drug-likeness (QED) is 0.710. The third kappa shape index (κ3) is 5.34. The molecule has 7 heteroatoms. The third-order valence-corrected chi connectivity index (χ3v) is 4.24. The topological polar surface area (TPSA) is 67.9 Å². The van der Waals surface area contributed by atoms with Crippen molar-refractivity contribution < 1.29 is 19.1 Å². The summed E-state index contributed by atoms with van der Waals surface area (Å²) in [5.41, 5.74) is 1.29. The number of halogens is 1. The van der Waals surface area contributed by atoms with Crippen LogP contribution >= 0.6 is 15.9 Å². The molecule has 0 saturated heterocycles. The molecule has 0 saturated carbocycles. The van der Waals surface area contributed by atoms with Crippen molar-refractivity contribution in [2.75, 3.05) is 28.3 Å². The lowest BCUT2D eigenvalue weighted by atomic mass is 10.1. The van der Waals surface area contributed by atoms with Crippen LogP contribution in [0.2, 0.25) is 0 Å². The summed E-state index contributed by atoms with van der Waals surface area (Å²) in [5, 5.41) is 2.69. The first-order chi connectivity index (χ1) is 12.8. The van der Waals surface area contributed by atoms with Crippen LogP contribution in [0, 0.1) is 0 Å². The first-order valence-electron chi connectivity index (χ1n) is 8.08. The Hall–Kier alpha value is -2.80. The second-order valence-electron chi connectivity index (χ2n) is 5.83. The van der Waals surface area contributed by atoms with Crippen molar-refractivity contribution in [2.45, 2.75) is 0 Å². The molecule has 0 radical (unpaired) electrons. The van der Waals surface area contributed by atoms with E-state index in [2.05, 4.69) is 21.2 Å². The van der Waals surface area contributed by atoms with Crippen molar-refractivity contribution >= 4 is 33.8 Å². The van der Waals surface area contributed by atoms with Crippen LogP contribution in [-0.4, -0.2) is 45.0 Å². The second-order valence-corrected chi connectivity index (χ2v) is 6.75. The minimum atomic E-state index is -0.371. The highest BCUT2D eigenvalue weighted by Crippen LogP contribution is 2.28. The van der Waals surface area contributed by atoms with Crippen molar-refractivity contribution in [1.82, 2.24) is 10.2 Å². The summed E-state index contributed by atoms with van der Waals surface area (Å²) in [4.78, 5) is 26.4. The fourth-order valence-electron chi connectivity index (χ4n) is 2.30. The van der Waals surface area contributed by atoms with Crippen LogP contribution in [0.4, 0.5) is 0 Å². The smallest absolute Gasteiger partial charge is 0.269 e. The fraction of sp³-hybridized carbons (Fsp3) is 0.200. The highest BCUT2D eigenvalue weighted by Gasteiger charge is 2.16. The number of benzene rings is 2. The molecule has 142 valence electrons. The largest absolute Gasteiger partial charge is 0.493 e. The van der Waals surface area contributed by atoms with Crippen LogP contribution in [0.1, 0.15) is 15.9 Å². The van der Waals surface area contributed by atoms with Gasteiger partial charge < -0.3 is 19.7 Å². The Balaban J connectivity index is 2.36. The normalized spacial score (nSPS) is 10.9. The van der Waals surface area contributed by atoms with E-state index in [0.29, 0.717) is 22.6 Å². The number of hydrogen-bond acceptors (Lipinski definition) is 4. The Morgan fingerprint density at radius 3 is 2.19 bits per heavy atom. The predicted octanol–water partition coefficient (Wildman–Crippen LogP) is 3.33. The number of carbonyl (C=O) groups excluding carboxylic acids is 2. The van der Waals surface area contributed by atoms with Gasteiger partial charge in [-0.1, -0.05) is 22.0 Å². The van der Waals surface area contributed by atoms with Gasteiger partial charge in [0.05, 0.1) is 14.2 Å². The van der Waals surface area contributed by atoms with Crippen LogP contribution in [-0.2, 0) is 4.79 Å². The van der Waals surface area contributed by atoms with E-state index in [9.17, 15) is 9.59 Å². The standard InChI is InChI=1S/C20H21BrN2O4/c1-23(2)20(25)16(22-19(24)14-6-8-15(21)9-7-14)11-13-5-10-17(26-3)18(12-13)27-4/h5-12H,1-4H3,(H,22,24). The highest BCUT2D eigenvalue weighted by atomic mass is 79.9. The molecule has 0 aliphatic heterocycles. The van der Waals surface area contributed by atoms with E-state index in [4.69, 9.17) is 9.47 Å². The van der Waals surface area contributed by atoms with Gasteiger partial charge in [0, 0.05) is 24.1 Å². The van der Waals surface area contributed by atoms with Crippen molar-refractivity contribution in [1.29, 1.82) is 0 Å². The summed E-state index contributed by atoms with van der Waals surface area (Å²) in [7, 11) is 6.33. The molecule has 0 bridgehead atoms. The molecule has 6 nitrogen and oxygen atoms in total. The molecule has 1 N–H and O–H groups in total. The Morgan fingerprint density at radius 1 is 1.00 bits per heavy atom. The van der Waals surface area contributed by atoms with Crippen molar-refractivity contribution in [3.05, 3.63) is 63.8 Å². The van der Waals surface area contributed by atoms with E-state index in [1.54, 1.807) is 69.7 Å². The number of ether oxygens (including phenoxy) is 2. The molecule has 0 aliphatic rings. The number of rotatable bonds is 6. The number of nitrogens with one attached hydrogen (secondary N) is 1. The van der Waals surface area contributed by atoms with Gasteiger partial charge >= 0.3 is 0 Å². The number of methoxy groups -OCH3 is 2. The SMILES string of the molecule is COc1ccc(C=C(NC(=O)c2ccc(Br)cc2)C(=O)N(C)C)cc1OC. The van der Waals surface area contributed by atoms with E-state index in [-0.39, 0.29) is 17.5 Å². The van der Waals surface area contributed by atoms with Gasteiger partial charge in [-0.05, 0) is 48.0 Å². The zero-order chi connectivity index (χ0) is 20.0. The van der Waals surface area contributed by atoms with Crippen LogP contribution < -0.4 is 14.8 Å². The monoisotopic (exact) mass is 432 g/mol. The average molecular weight is 433 g/mol. The van der Waals surface area contributed by atoms with Gasteiger partial charge in [-0.2, -0.15) is 0 Å². The average Bonchev–Trinajstić information content (AvgIpc) is 2.67. The van der Waals surface area contributed by atoms with Crippen molar-refractivity contribution in [3.63, 3.8) is 0 Å². The molecule has 27 heavy (non-hydrogen) atoms. The fourth-order valence-corrected chi connectivity index (χ4v) is 2.56. The Kier molecular flexibility index (Phi) is 7.01. The summed E-state index contributed by atoms with van der Waals surface area (Å²) >= 11 is 3.33. The maximum Gasteiger partial charge on any atom is 0.269 e. The van der Waals surface area contributed by atoms with E-state index < -0.39 is 0 Å². The summed E-state index contributed by atoms with van der Waals surface area (Å²) in [5.74, 6) is 0.413. The lowest BCUT2D eigenvalue weighted by molar-refractivity contribution is -0.124. The number of nitrogens with zero attached hydrogens (tertiary/aromatic N) is 1. The number of hydrogen-bond donors (Lipinski definition) is 1. The first kappa shape index (κ1) is 20.5. The minimum absolute atomic E-state index is 0.153. The number of likely N-dealkylation sites (N-methyl/N-ethyl adjacent to an activating group) is 1. The van der Waals surface area contributed by atoms with Gasteiger partial charge in [0.25, 0.3) is 11.8 Å². The summed E-state index contributed by atoms with van der Waals surface area (Å²) in [6.45, 7) is 0. The lowest BCUT2D eigenvalue weighted by Gasteiger charge is -2.15. The molecule has 0 unspecified atom stereocenters. The molecule has 2 rings (SSSR count).